The van der Waals surface area contributed by atoms with Crippen LogP contribution in [-0.2, 0) is 4.79 Å². The van der Waals surface area contributed by atoms with Gasteiger partial charge in [0.2, 0.25) is 5.91 Å². The molecule has 0 heterocycles. The van der Waals surface area contributed by atoms with Crippen LogP contribution in [-0.4, -0.2) is 11.9 Å². The van der Waals surface area contributed by atoms with Gasteiger partial charge in [-0.15, -0.1) is 0 Å². The second-order valence-corrected chi connectivity index (χ2v) is 5.60. The molecule has 2 aromatic carbocycles. The lowest BCUT2D eigenvalue weighted by molar-refractivity contribution is -0.116. The Hall–Kier alpha value is -2.00. The molecule has 1 amide bonds. The van der Waals surface area contributed by atoms with Crippen LogP contribution in [0.2, 0.25) is 5.02 Å². The van der Waals surface area contributed by atoms with Crippen molar-refractivity contribution in [3.63, 3.8) is 0 Å². The van der Waals surface area contributed by atoms with Crippen LogP contribution in [0.5, 0.6) is 0 Å². The van der Waals surface area contributed by atoms with Gasteiger partial charge in [-0.1, -0.05) is 23.7 Å². The van der Waals surface area contributed by atoms with Crippen LogP contribution in [0.25, 0.3) is 0 Å². The Morgan fingerprint density at radius 3 is 2.48 bits per heavy atom. The number of amides is 1. The molecule has 0 spiro atoms. The van der Waals surface area contributed by atoms with Gasteiger partial charge in [0.15, 0.2) is 0 Å². The van der Waals surface area contributed by atoms with E-state index in [0.29, 0.717) is 10.7 Å². The molecule has 0 saturated carbocycles. The molecular formula is C17H19ClN2O. The Morgan fingerprint density at radius 1 is 1.05 bits per heavy atom. The van der Waals surface area contributed by atoms with Crippen molar-refractivity contribution >= 4 is 28.9 Å². The summed E-state index contributed by atoms with van der Waals surface area (Å²) >= 11 is 5.90. The van der Waals surface area contributed by atoms with Gasteiger partial charge in [-0.05, 0) is 62.2 Å². The Morgan fingerprint density at radius 2 is 1.81 bits per heavy atom. The Bertz CT molecular complexity index is 655. The van der Waals surface area contributed by atoms with Crippen LogP contribution in [0.15, 0.2) is 42.5 Å². The molecule has 0 aromatic heterocycles. The van der Waals surface area contributed by atoms with E-state index in [4.69, 9.17) is 11.6 Å². The lowest BCUT2D eigenvalue weighted by Crippen LogP contribution is -2.31. The van der Waals surface area contributed by atoms with Crippen LogP contribution < -0.4 is 10.6 Å². The van der Waals surface area contributed by atoms with Crippen molar-refractivity contribution in [2.45, 2.75) is 26.8 Å². The molecule has 0 bridgehead atoms. The minimum Gasteiger partial charge on any atom is -0.374 e. The lowest BCUT2D eigenvalue weighted by atomic mass is 10.1. The molecule has 21 heavy (non-hydrogen) atoms. The second-order valence-electron chi connectivity index (χ2n) is 5.16. The number of hydrogen-bond acceptors (Lipinski definition) is 2. The highest BCUT2D eigenvalue weighted by molar-refractivity contribution is 6.30. The molecule has 1 atom stereocenters. The third-order valence-corrected chi connectivity index (χ3v) is 3.61. The van der Waals surface area contributed by atoms with Gasteiger partial charge in [-0.3, -0.25) is 4.79 Å². The molecule has 2 aromatic rings. The highest BCUT2D eigenvalue weighted by Gasteiger charge is 2.13. The summed E-state index contributed by atoms with van der Waals surface area (Å²) in [6, 6.07) is 12.8. The van der Waals surface area contributed by atoms with Crippen LogP contribution in [0.1, 0.15) is 18.1 Å². The number of anilines is 2. The average Bonchev–Trinajstić information content (AvgIpc) is 2.43. The molecule has 4 heteroatoms. The van der Waals surface area contributed by atoms with E-state index in [1.165, 1.54) is 11.1 Å². The zero-order chi connectivity index (χ0) is 15.4. The summed E-state index contributed by atoms with van der Waals surface area (Å²) in [5, 5.41) is 6.64. The molecule has 0 aliphatic heterocycles. The van der Waals surface area contributed by atoms with Gasteiger partial charge in [0.25, 0.3) is 0 Å². The number of hydrogen-bond donors (Lipinski definition) is 2. The number of benzene rings is 2. The van der Waals surface area contributed by atoms with Crippen LogP contribution >= 0.6 is 11.6 Å². The first-order valence-corrected chi connectivity index (χ1v) is 7.24. The molecule has 2 N–H and O–H groups in total. The summed E-state index contributed by atoms with van der Waals surface area (Å²) in [6.45, 7) is 5.95. The smallest absolute Gasteiger partial charge is 0.246 e. The van der Waals surface area contributed by atoms with Crippen LogP contribution in [0.3, 0.4) is 0 Å². The van der Waals surface area contributed by atoms with Crippen molar-refractivity contribution < 1.29 is 4.79 Å². The van der Waals surface area contributed by atoms with Crippen molar-refractivity contribution in [3.8, 4) is 0 Å². The predicted molar refractivity (Wildman–Crippen MR) is 89.1 cm³/mol. The number of carbonyl (C=O) groups is 1. The van der Waals surface area contributed by atoms with Crippen molar-refractivity contribution in [2.75, 3.05) is 10.6 Å². The second kappa shape index (κ2) is 6.64. The number of nitrogens with one attached hydrogen (secondary N) is 2. The predicted octanol–water partition coefficient (Wildman–Crippen LogP) is 4.40. The number of carbonyl (C=O) groups excluding carboxylic acids is 1. The Kier molecular flexibility index (Phi) is 4.86. The molecule has 0 saturated heterocycles. The maximum Gasteiger partial charge on any atom is 0.246 e. The summed E-state index contributed by atoms with van der Waals surface area (Å²) in [5.74, 6) is -0.101. The normalized spacial score (nSPS) is 11.8. The third-order valence-electron chi connectivity index (χ3n) is 3.38. The van der Waals surface area contributed by atoms with E-state index in [1.54, 1.807) is 18.2 Å². The van der Waals surface area contributed by atoms with Crippen molar-refractivity contribution in [1.82, 2.24) is 0 Å². The summed E-state index contributed by atoms with van der Waals surface area (Å²) in [5.41, 5.74) is 4.06. The summed E-state index contributed by atoms with van der Waals surface area (Å²) in [6.07, 6.45) is 0. The first-order chi connectivity index (χ1) is 9.95. The fraction of sp³-hybridized carbons (Fsp3) is 0.235. The van der Waals surface area contributed by atoms with Crippen LogP contribution in [0, 0.1) is 13.8 Å². The van der Waals surface area contributed by atoms with E-state index in [1.807, 2.05) is 31.2 Å². The highest BCUT2D eigenvalue weighted by atomic mass is 35.5. The Balaban J connectivity index is 2.00. The maximum absolute atomic E-state index is 12.2. The lowest BCUT2D eigenvalue weighted by Gasteiger charge is -2.16. The van der Waals surface area contributed by atoms with Gasteiger partial charge in [0, 0.05) is 16.4 Å². The molecular weight excluding hydrogens is 284 g/mol. The number of aryl methyl sites for hydroxylation is 2. The zero-order valence-electron chi connectivity index (χ0n) is 12.4. The standard InChI is InChI=1S/C17H19ClN2O/c1-11-7-8-16(9-12(11)2)19-13(3)17(21)20-15-6-4-5-14(18)10-15/h4-10,13,19H,1-3H3,(H,20,21). The zero-order valence-corrected chi connectivity index (χ0v) is 13.2. The molecule has 0 fully saturated rings. The number of rotatable bonds is 4. The van der Waals surface area contributed by atoms with Crippen LogP contribution in [0.4, 0.5) is 11.4 Å². The van der Waals surface area contributed by atoms with Gasteiger partial charge in [-0.25, -0.2) is 0 Å². The van der Waals surface area contributed by atoms with Gasteiger partial charge >= 0.3 is 0 Å². The van der Waals surface area contributed by atoms with Crippen molar-refractivity contribution in [1.29, 1.82) is 0 Å². The minimum absolute atomic E-state index is 0.101. The molecule has 0 aliphatic carbocycles. The van der Waals surface area contributed by atoms with E-state index in [0.717, 1.165) is 5.69 Å². The molecule has 0 aliphatic rings. The molecule has 110 valence electrons. The summed E-state index contributed by atoms with van der Waals surface area (Å²) in [4.78, 5) is 12.2. The van der Waals surface area contributed by atoms with E-state index in [2.05, 4.69) is 24.5 Å². The molecule has 0 radical (unpaired) electrons. The van der Waals surface area contributed by atoms with Gasteiger partial charge < -0.3 is 10.6 Å². The highest BCUT2D eigenvalue weighted by Crippen LogP contribution is 2.17. The maximum atomic E-state index is 12.2. The average molecular weight is 303 g/mol. The fourth-order valence-electron chi connectivity index (χ4n) is 1.96. The first kappa shape index (κ1) is 15.4. The van der Waals surface area contributed by atoms with Gasteiger partial charge in [-0.2, -0.15) is 0 Å². The number of halogens is 1. The van der Waals surface area contributed by atoms with Gasteiger partial charge in [0.1, 0.15) is 6.04 Å². The van der Waals surface area contributed by atoms with E-state index in [-0.39, 0.29) is 11.9 Å². The van der Waals surface area contributed by atoms with Crippen molar-refractivity contribution in [3.05, 3.63) is 58.6 Å². The third kappa shape index (κ3) is 4.23. The summed E-state index contributed by atoms with van der Waals surface area (Å²) < 4.78 is 0. The topological polar surface area (TPSA) is 41.1 Å². The van der Waals surface area contributed by atoms with Gasteiger partial charge in [0.05, 0.1) is 0 Å². The fourth-order valence-corrected chi connectivity index (χ4v) is 2.15. The van der Waals surface area contributed by atoms with E-state index >= 15 is 0 Å². The first-order valence-electron chi connectivity index (χ1n) is 6.86. The molecule has 1 unspecified atom stereocenters. The Labute approximate surface area is 130 Å². The van der Waals surface area contributed by atoms with E-state index in [9.17, 15) is 4.79 Å². The summed E-state index contributed by atoms with van der Waals surface area (Å²) in [7, 11) is 0. The SMILES string of the molecule is Cc1ccc(NC(C)C(=O)Nc2cccc(Cl)c2)cc1C. The monoisotopic (exact) mass is 302 g/mol. The van der Waals surface area contributed by atoms with E-state index < -0.39 is 0 Å². The quantitative estimate of drug-likeness (QED) is 0.879. The molecule has 3 nitrogen and oxygen atoms in total. The minimum atomic E-state index is -0.342. The molecule has 2 rings (SSSR count). The largest absolute Gasteiger partial charge is 0.374 e. The van der Waals surface area contributed by atoms with Crippen molar-refractivity contribution in [2.24, 2.45) is 0 Å².